The number of rotatable bonds is 4. The fourth-order valence-electron chi connectivity index (χ4n) is 1.75. The Kier molecular flexibility index (Phi) is 5.72. The third kappa shape index (κ3) is 6.27. The second kappa shape index (κ2) is 7.08. The Morgan fingerprint density at radius 2 is 1.86 bits per heavy atom. The van der Waals surface area contributed by atoms with Gasteiger partial charge in [-0.1, -0.05) is 30.3 Å². The maximum Gasteiger partial charge on any atom is 0.408 e. The zero-order valence-electron chi connectivity index (χ0n) is 12.9. The Morgan fingerprint density at radius 3 is 2.33 bits per heavy atom. The molecule has 1 atom stereocenters. The van der Waals surface area contributed by atoms with E-state index < -0.39 is 17.7 Å². The number of nitrogens with one attached hydrogen (secondary N) is 1. The molecule has 2 amide bonds. The van der Waals surface area contributed by atoms with Gasteiger partial charge in [-0.15, -0.1) is 0 Å². The molecule has 1 aromatic rings. The molecule has 0 aromatic heterocycles. The van der Waals surface area contributed by atoms with Crippen LogP contribution in [0.2, 0.25) is 0 Å². The molecule has 0 bridgehead atoms. The molecule has 0 aliphatic heterocycles. The van der Waals surface area contributed by atoms with Crippen LogP contribution in [-0.2, 0) is 16.0 Å². The van der Waals surface area contributed by atoms with Crippen molar-refractivity contribution in [3.8, 4) is 0 Å². The van der Waals surface area contributed by atoms with Gasteiger partial charge in [0.1, 0.15) is 11.6 Å². The van der Waals surface area contributed by atoms with Crippen LogP contribution in [0.1, 0.15) is 26.3 Å². The Bertz CT molecular complexity index is 481. The molecule has 0 unspecified atom stereocenters. The van der Waals surface area contributed by atoms with Gasteiger partial charge in [-0.2, -0.15) is 0 Å². The van der Waals surface area contributed by atoms with Gasteiger partial charge in [0, 0.05) is 13.5 Å². The topological polar surface area (TPSA) is 84.7 Å². The first kappa shape index (κ1) is 17.0. The lowest BCUT2D eigenvalue weighted by molar-refractivity contribution is -0.132. The third-order valence-corrected chi connectivity index (χ3v) is 2.62. The molecule has 6 nitrogen and oxygen atoms in total. The Morgan fingerprint density at radius 1 is 1.29 bits per heavy atom. The van der Waals surface area contributed by atoms with Crippen LogP contribution in [-0.4, -0.2) is 35.7 Å². The number of hydrogen-bond donors (Lipinski definition) is 2. The predicted octanol–water partition coefficient (Wildman–Crippen LogP) is 1.45. The summed E-state index contributed by atoms with van der Waals surface area (Å²) in [5.41, 5.74) is 0.299. The molecule has 6 heteroatoms. The summed E-state index contributed by atoms with van der Waals surface area (Å²) in [6.45, 7) is 5.28. The van der Waals surface area contributed by atoms with Crippen molar-refractivity contribution in [1.29, 1.82) is 0 Å². The molecule has 0 saturated carbocycles. The van der Waals surface area contributed by atoms with E-state index in [1.807, 2.05) is 30.3 Å². The van der Waals surface area contributed by atoms with Gasteiger partial charge in [0.2, 0.25) is 0 Å². The van der Waals surface area contributed by atoms with Gasteiger partial charge in [0.25, 0.3) is 5.91 Å². The lowest BCUT2D eigenvalue weighted by Gasteiger charge is -2.24. The zero-order chi connectivity index (χ0) is 16.0. The first-order chi connectivity index (χ1) is 9.69. The number of benzene rings is 1. The van der Waals surface area contributed by atoms with E-state index >= 15 is 0 Å². The fraction of sp³-hybridized carbons (Fsp3) is 0.467. The summed E-state index contributed by atoms with van der Waals surface area (Å²) in [5.74, 6) is 5.10. The van der Waals surface area contributed by atoms with E-state index in [1.54, 1.807) is 20.8 Å². The lowest BCUT2D eigenvalue weighted by Crippen LogP contribution is -2.51. The minimum absolute atomic E-state index is 0.348. The number of likely N-dealkylation sites (N-methyl/N-ethyl adjacent to an activating group) is 1. The summed E-state index contributed by atoms with van der Waals surface area (Å²) in [7, 11) is 1.44. The van der Waals surface area contributed by atoms with Gasteiger partial charge in [0.15, 0.2) is 0 Å². The average Bonchev–Trinajstić information content (AvgIpc) is 2.36. The number of carbonyl (C=O) groups is 2. The number of ether oxygens (including phenoxy) is 1. The molecular weight excluding hydrogens is 270 g/mol. The number of nitrogens with zero attached hydrogens (tertiary/aromatic N) is 1. The normalized spacial score (nSPS) is 12.4. The highest BCUT2D eigenvalue weighted by atomic mass is 16.6. The molecular formula is C15H23N3O3. The summed E-state index contributed by atoms with van der Waals surface area (Å²) in [6, 6.07) is 8.63. The Hall–Kier alpha value is -2.08. The van der Waals surface area contributed by atoms with Crippen molar-refractivity contribution in [2.24, 2.45) is 5.84 Å². The number of carbonyl (C=O) groups excluding carboxylic acids is 2. The molecule has 0 radical (unpaired) electrons. The van der Waals surface area contributed by atoms with Crippen LogP contribution >= 0.6 is 0 Å². The van der Waals surface area contributed by atoms with Gasteiger partial charge >= 0.3 is 6.09 Å². The van der Waals surface area contributed by atoms with Gasteiger partial charge in [-0.3, -0.25) is 9.80 Å². The van der Waals surface area contributed by atoms with Gasteiger partial charge < -0.3 is 10.1 Å². The van der Waals surface area contributed by atoms with Crippen LogP contribution in [0.15, 0.2) is 30.3 Å². The Balaban J connectivity index is 2.78. The maximum absolute atomic E-state index is 12.1. The molecule has 0 spiro atoms. The summed E-state index contributed by atoms with van der Waals surface area (Å²) >= 11 is 0. The highest BCUT2D eigenvalue weighted by molar-refractivity contribution is 5.85. The monoisotopic (exact) mass is 293 g/mol. The van der Waals surface area contributed by atoms with E-state index in [0.29, 0.717) is 6.42 Å². The van der Waals surface area contributed by atoms with Gasteiger partial charge in [-0.25, -0.2) is 10.6 Å². The van der Waals surface area contributed by atoms with E-state index in [4.69, 9.17) is 10.6 Å². The van der Waals surface area contributed by atoms with Crippen LogP contribution in [0, 0.1) is 0 Å². The second-order valence-corrected chi connectivity index (χ2v) is 5.84. The highest BCUT2D eigenvalue weighted by Gasteiger charge is 2.25. The van der Waals surface area contributed by atoms with Crippen LogP contribution in [0.4, 0.5) is 4.79 Å². The van der Waals surface area contributed by atoms with Crippen molar-refractivity contribution in [2.45, 2.75) is 38.8 Å². The third-order valence-electron chi connectivity index (χ3n) is 2.62. The average molecular weight is 293 g/mol. The fourth-order valence-corrected chi connectivity index (χ4v) is 1.75. The van der Waals surface area contributed by atoms with Crippen LogP contribution in [0.25, 0.3) is 0 Å². The van der Waals surface area contributed by atoms with E-state index in [1.165, 1.54) is 7.05 Å². The summed E-state index contributed by atoms with van der Waals surface area (Å²) in [6.07, 6.45) is -0.292. The maximum atomic E-state index is 12.1. The minimum atomic E-state index is -0.766. The molecule has 0 aliphatic rings. The van der Waals surface area contributed by atoms with Gasteiger partial charge in [0.05, 0.1) is 0 Å². The first-order valence-electron chi connectivity index (χ1n) is 6.75. The molecule has 3 N–H and O–H groups in total. The van der Waals surface area contributed by atoms with Crippen molar-refractivity contribution >= 4 is 12.0 Å². The highest BCUT2D eigenvalue weighted by Crippen LogP contribution is 2.09. The minimum Gasteiger partial charge on any atom is -0.444 e. The number of hydrogen-bond acceptors (Lipinski definition) is 4. The lowest BCUT2D eigenvalue weighted by atomic mass is 10.1. The molecule has 0 aliphatic carbocycles. The second-order valence-electron chi connectivity index (χ2n) is 5.84. The molecule has 116 valence electrons. The largest absolute Gasteiger partial charge is 0.444 e. The molecule has 0 heterocycles. The number of amides is 2. The van der Waals surface area contributed by atoms with E-state index in [0.717, 1.165) is 10.6 Å². The standard InChI is InChI=1S/C15H23N3O3/c1-15(2,3)21-14(20)17-12(13(19)18(4)16)10-11-8-6-5-7-9-11/h5-9,12H,10,16H2,1-4H3,(H,17,20)/t12-/m0/s1. The SMILES string of the molecule is CN(N)C(=O)[C@H](Cc1ccccc1)NC(=O)OC(C)(C)C. The van der Waals surface area contributed by atoms with Crippen LogP contribution in [0.5, 0.6) is 0 Å². The molecule has 1 rings (SSSR count). The molecule has 1 aromatic carbocycles. The van der Waals surface area contributed by atoms with Crippen molar-refractivity contribution in [3.63, 3.8) is 0 Å². The van der Waals surface area contributed by atoms with E-state index in [2.05, 4.69) is 5.32 Å². The van der Waals surface area contributed by atoms with E-state index in [9.17, 15) is 9.59 Å². The molecule has 0 fully saturated rings. The zero-order valence-corrected chi connectivity index (χ0v) is 12.9. The van der Waals surface area contributed by atoms with Crippen molar-refractivity contribution in [2.75, 3.05) is 7.05 Å². The summed E-state index contributed by atoms with van der Waals surface area (Å²) < 4.78 is 5.17. The smallest absolute Gasteiger partial charge is 0.408 e. The van der Waals surface area contributed by atoms with Crippen molar-refractivity contribution in [1.82, 2.24) is 10.3 Å². The van der Waals surface area contributed by atoms with Crippen LogP contribution < -0.4 is 11.2 Å². The number of hydrazine groups is 1. The number of nitrogens with two attached hydrogens (primary N) is 1. The molecule has 21 heavy (non-hydrogen) atoms. The molecule has 0 saturated heterocycles. The van der Waals surface area contributed by atoms with E-state index in [-0.39, 0.29) is 5.91 Å². The number of alkyl carbamates (subject to hydrolysis) is 1. The Labute approximate surface area is 125 Å². The predicted molar refractivity (Wildman–Crippen MR) is 80.3 cm³/mol. The van der Waals surface area contributed by atoms with Crippen molar-refractivity contribution in [3.05, 3.63) is 35.9 Å². The van der Waals surface area contributed by atoms with Crippen LogP contribution in [0.3, 0.4) is 0 Å². The quantitative estimate of drug-likeness (QED) is 0.500. The summed E-state index contributed by atoms with van der Waals surface area (Å²) in [4.78, 5) is 23.9. The first-order valence-corrected chi connectivity index (χ1v) is 6.75. The summed E-state index contributed by atoms with van der Waals surface area (Å²) in [5, 5.41) is 3.53. The van der Waals surface area contributed by atoms with Crippen molar-refractivity contribution < 1.29 is 14.3 Å². The van der Waals surface area contributed by atoms with Gasteiger partial charge in [-0.05, 0) is 26.3 Å².